The lowest BCUT2D eigenvalue weighted by Gasteiger charge is -2.07. The fourth-order valence-corrected chi connectivity index (χ4v) is 1.20. The van der Waals surface area contributed by atoms with Crippen molar-refractivity contribution in [2.45, 2.75) is 19.9 Å². The average molecular weight is 193 g/mol. The standard InChI is InChI=1S/C10H15N3O/c1-3-8-5-4-6-12-9(8)7-13-10(14)11-2/h4-6H,3,7H2,1-2H3,(H2,11,13,14). The molecule has 4 heteroatoms. The minimum atomic E-state index is -0.183. The largest absolute Gasteiger partial charge is 0.341 e. The molecule has 0 aliphatic rings. The average Bonchev–Trinajstić information content (AvgIpc) is 2.26. The zero-order valence-electron chi connectivity index (χ0n) is 8.50. The first-order valence-electron chi connectivity index (χ1n) is 4.66. The Hall–Kier alpha value is -1.58. The monoisotopic (exact) mass is 193 g/mol. The van der Waals surface area contributed by atoms with Crippen molar-refractivity contribution in [1.29, 1.82) is 0 Å². The van der Waals surface area contributed by atoms with E-state index in [0.29, 0.717) is 6.54 Å². The van der Waals surface area contributed by atoms with Gasteiger partial charge >= 0.3 is 6.03 Å². The van der Waals surface area contributed by atoms with Gasteiger partial charge in [-0.3, -0.25) is 4.98 Å². The predicted molar refractivity (Wildman–Crippen MR) is 54.9 cm³/mol. The Labute approximate surface area is 83.7 Å². The number of nitrogens with zero attached hydrogens (tertiary/aromatic N) is 1. The molecule has 0 unspecified atom stereocenters. The summed E-state index contributed by atoms with van der Waals surface area (Å²) in [4.78, 5) is 15.1. The molecule has 14 heavy (non-hydrogen) atoms. The normalized spacial score (nSPS) is 9.57. The van der Waals surface area contributed by atoms with Gasteiger partial charge in [-0.05, 0) is 18.1 Å². The van der Waals surface area contributed by atoms with Gasteiger partial charge in [0, 0.05) is 13.2 Å². The van der Waals surface area contributed by atoms with Crippen molar-refractivity contribution in [3.63, 3.8) is 0 Å². The second kappa shape index (κ2) is 5.21. The van der Waals surface area contributed by atoms with Crippen LogP contribution in [0, 0.1) is 0 Å². The zero-order valence-corrected chi connectivity index (χ0v) is 8.50. The predicted octanol–water partition coefficient (Wildman–Crippen LogP) is 1.07. The van der Waals surface area contributed by atoms with E-state index in [1.54, 1.807) is 13.2 Å². The van der Waals surface area contributed by atoms with E-state index >= 15 is 0 Å². The van der Waals surface area contributed by atoms with Gasteiger partial charge in [0.25, 0.3) is 0 Å². The Morgan fingerprint density at radius 1 is 1.57 bits per heavy atom. The van der Waals surface area contributed by atoms with E-state index in [1.165, 1.54) is 5.56 Å². The van der Waals surface area contributed by atoms with Crippen molar-refractivity contribution in [2.24, 2.45) is 0 Å². The zero-order chi connectivity index (χ0) is 10.4. The maximum absolute atomic E-state index is 10.9. The number of nitrogens with one attached hydrogen (secondary N) is 2. The highest BCUT2D eigenvalue weighted by molar-refractivity contribution is 5.73. The van der Waals surface area contributed by atoms with Crippen molar-refractivity contribution in [2.75, 3.05) is 7.05 Å². The molecule has 0 bridgehead atoms. The highest BCUT2D eigenvalue weighted by atomic mass is 16.2. The van der Waals surface area contributed by atoms with Crippen LogP contribution in [-0.4, -0.2) is 18.1 Å². The van der Waals surface area contributed by atoms with Crippen LogP contribution in [0.15, 0.2) is 18.3 Å². The summed E-state index contributed by atoms with van der Waals surface area (Å²) < 4.78 is 0. The van der Waals surface area contributed by atoms with Crippen molar-refractivity contribution in [1.82, 2.24) is 15.6 Å². The molecule has 0 atom stereocenters. The maximum Gasteiger partial charge on any atom is 0.314 e. The topological polar surface area (TPSA) is 54.0 Å². The molecule has 2 N–H and O–H groups in total. The number of hydrogen-bond acceptors (Lipinski definition) is 2. The molecule has 1 rings (SSSR count). The number of urea groups is 1. The Bertz CT molecular complexity index is 312. The Kier molecular flexibility index (Phi) is 3.91. The maximum atomic E-state index is 10.9. The van der Waals surface area contributed by atoms with E-state index in [2.05, 4.69) is 22.5 Å². The molecule has 0 radical (unpaired) electrons. The summed E-state index contributed by atoms with van der Waals surface area (Å²) in [5, 5.41) is 5.21. The summed E-state index contributed by atoms with van der Waals surface area (Å²) in [5.74, 6) is 0. The van der Waals surface area contributed by atoms with Gasteiger partial charge in [0.1, 0.15) is 0 Å². The lowest BCUT2D eigenvalue weighted by molar-refractivity contribution is 0.242. The quantitative estimate of drug-likeness (QED) is 0.754. The Morgan fingerprint density at radius 3 is 3.00 bits per heavy atom. The van der Waals surface area contributed by atoms with E-state index in [0.717, 1.165) is 12.1 Å². The number of hydrogen-bond donors (Lipinski definition) is 2. The van der Waals surface area contributed by atoms with E-state index < -0.39 is 0 Å². The summed E-state index contributed by atoms with van der Waals surface area (Å²) in [6.45, 7) is 2.55. The van der Waals surface area contributed by atoms with E-state index in [4.69, 9.17) is 0 Å². The van der Waals surface area contributed by atoms with Gasteiger partial charge in [0.05, 0.1) is 12.2 Å². The number of amides is 2. The molecule has 1 aromatic heterocycles. The number of carbonyl (C=O) groups excluding carboxylic acids is 1. The molecule has 0 fully saturated rings. The molecule has 0 spiro atoms. The van der Waals surface area contributed by atoms with Gasteiger partial charge in [0.2, 0.25) is 0 Å². The third-order valence-corrected chi connectivity index (χ3v) is 2.01. The molecule has 0 aromatic carbocycles. The van der Waals surface area contributed by atoms with E-state index in [-0.39, 0.29) is 6.03 Å². The third kappa shape index (κ3) is 2.73. The van der Waals surface area contributed by atoms with Gasteiger partial charge in [-0.1, -0.05) is 13.0 Å². The molecule has 4 nitrogen and oxygen atoms in total. The highest BCUT2D eigenvalue weighted by Gasteiger charge is 2.02. The highest BCUT2D eigenvalue weighted by Crippen LogP contribution is 2.05. The van der Waals surface area contributed by atoms with Crippen LogP contribution < -0.4 is 10.6 Å². The van der Waals surface area contributed by atoms with E-state index in [1.807, 2.05) is 12.1 Å². The molecule has 1 aromatic rings. The summed E-state index contributed by atoms with van der Waals surface area (Å²) in [6.07, 6.45) is 2.67. The van der Waals surface area contributed by atoms with Crippen LogP contribution in [0.2, 0.25) is 0 Å². The summed E-state index contributed by atoms with van der Waals surface area (Å²) in [7, 11) is 1.59. The van der Waals surface area contributed by atoms with Crippen LogP contribution in [0.3, 0.4) is 0 Å². The Balaban J connectivity index is 2.61. The molecule has 0 saturated carbocycles. The van der Waals surface area contributed by atoms with Crippen LogP contribution in [0.25, 0.3) is 0 Å². The fourth-order valence-electron chi connectivity index (χ4n) is 1.20. The first-order valence-corrected chi connectivity index (χ1v) is 4.66. The molecule has 1 heterocycles. The lowest BCUT2D eigenvalue weighted by atomic mass is 10.1. The third-order valence-electron chi connectivity index (χ3n) is 2.01. The van der Waals surface area contributed by atoms with Crippen LogP contribution in [-0.2, 0) is 13.0 Å². The molecule has 0 aliphatic heterocycles. The summed E-state index contributed by atoms with van der Waals surface area (Å²) >= 11 is 0. The molecule has 0 aliphatic carbocycles. The number of carbonyl (C=O) groups is 1. The van der Waals surface area contributed by atoms with Crippen molar-refractivity contribution >= 4 is 6.03 Å². The lowest BCUT2D eigenvalue weighted by Crippen LogP contribution is -2.32. The molecular formula is C10H15N3O. The van der Waals surface area contributed by atoms with Gasteiger partial charge < -0.3 is 10.6 Å². The second-order valence-corrected chi connectivity index (χ2v) is 2.90. The van der Waals surface area contributed by atoms with Gasteiger partial charge in [0.15, 0.2) is 0 Å². The van der Waals surface area contributed by atoms with Crippen LogP contribution in [0.4, 0.5) is 4.79 Å². The SMILES string of the molecule is CCc1cccnc1CNC(=O)NC. The van der Waals surface area contributed by atoms with Crippen molar-refractivity contribution < 1.29 is 4.79 Å². The number of pyridine rings is 1. The summed E-state index contributed by atoms with van der Waals surface area (Å²) in [5.41, 5.74) is 2.10. The molecular weight excluding hydrogens is 178 g/mol. The van der Waals surface area contributed by atoms with Crippen molar-refractivity contribution in [3.05, 3.63) is 29.6 Å². The Morgan fingerprint density at radius 2 is 2.36 bits per heavy atom. The fraction of sp³-hybridized carbons (Fsp3) is 0.400. The minimum Gasteiger partial charge on any atom is -0.341 e. The minimum absolute atomic E-state index is 0.183. The van der Waals surface area contributed by atoms with Crippen LogP contribution >= 0.6 is 0 Å². The first kappa shape index (κ1) is 10.5. The molecule has 0 saturated heterocycles. The van der Waals surface area contributed by atoms with E-state index in [9.17, 15) is 4.79 Å². The first-order chi connectivity index (χ1) is 6.77. The second-order valence-electron chi connectivity index (χ2n) is 2.90. The van der Waals surface area contributed by atoms with Gasteiger partial charge in [-0.2, -0.15) is 0 Å². The number of aromatic nitrogens is 1. The van der Waals surface area contributed by atoms with Crippen LogP contribution in [0.5, 0.6) is 0 Å². The van der Waals surface area contributed by atoms with Gasteiger partial charge in [-0.25, -0.2) is 4.79 Å². The number of aryl methyl sites for hydroxylation is 1. The molecule has 76 valence electrons. The van der Waals surface area contributed by atoms with Crippen LogP contribution in [0.1, 0.15) is 18.2 Å². The smallest absolute Gasteiger partial charge is 0.314 e. The molecule has 2 amide bonds. The summed E-state index contributed by atoms with van der Waals surface area (Å²) in [6, 6.07) is 3.74. The number of rotatable bonds is 3. The van der Waals surface area contributed by atoms with Crippen molar-refractivity contribution in [3.8, 4) is 0 Å². The van der Waals surface area contributed by atoms with Gasteiger partial charge in [-0.15, -0.1) is 0 Å².